The number of rotatable bonds is 4. The van der Waals surface area contributed by atoms with Crippen molar-refractivity contribution < 1.29 is 14.3 Å². The standard InChI is InChI=1S/C15H21NO3/c1-15(2,14(17)18-4)13(16-3)11-5-6-12-10(9-11)7-8-19-12/h5-6,9,13,16H,7-8H2,1-4H3. The summed E-state index contributed by atoms with van der Waals surface area (Å²) in [6.45, 7) is 4.52. The van der Waals surface area contributed by atoms with Gasteiger partial charge in [-0.1, -0.05) is 12.1 Å². The summed E-state index contributed by atoms with van der Waals surface area (Å²) >= 11 is 0. The molecular weight excluding hydrogens is 242 g/mol. The van der Waals surface area contributed by atoms with Gasteiger partial charge < -0.3 is 14.8 Å². The van der Waals surface area contributed by atoms with Crippen LogP contribution < -0.4 is 10.1 Å². The molecule has 0 bridgehead atoms. The Morgan fingerprint density at radius 1 is 1.47 bits per heavy atom. The minimum absolute atomic E-state index is 0.0918. The van der Waals surface area contributed by atoms with Gasteiger partial charge in [-0.25, -0.2) is 0 Å². The second-order valence-corrected chi connectivity index (χ2v) is 5.40. The highest BCUT2D eigenvalue weighted by Crippen LogP contribution is 2.37. The molecule has 104 valence electrons. The maximum Gasteiger partial charge on any atom is 0.313 e. The average Bonchev–Trinajstić information content (AvgIpc) is 2.85. The lowest BCUT2D eigenvalue weighted by Crippen LogP contribution is -2.39. The second kappa shape index (κ2) is 5.21. The van der Waals surface area contributed by atoms with Gasteiger partial charge in [0.2, 0.25) is 0 Å². The third-order valence-corrected chi connectivity index (χ3v) is 3.77. The first-order chi connectivity index (χ1) is 9.00. The number of fused-ring (bicyclic) bond motifs is 1. The van der Waals surface area contributed by atoms with Gasteiger partial charge in [0.15, 0.2) is 0 Å². The maximum absolute atomic E-state index is 12.0. The molecule has 0 spiro atoms. The first-order valence-corrected chi connectivity index (χ1v) is 6.52. The van der Waals surface area contributed by atoms with Crippen LogP contribution in [0.4, 0.5) is 0 Å². The van der Waals surface area contributed by atoms with Gasteiger partial charge in [-0.05, 0) is 38.1 Å². The fourth-order valence-corrected chi connectivity index (χ4v) is 2.71. The molecule has 1 atom stereocenters. The van der Waals surface area contributed by atoms with Crippen molar-refractivity contribution in [3.05, 3.63) is 29.3 Å². The molecule has 1 unspecified atom stereocenters. The zero-order valence-corrected chi connectivity index (χ0v) is 11.9. The molecule has 0 radical (unpaired) electrons. The van der Waals surface area contributed by atoms with Crippen LogP contribution in [0.2, 0.25) is 0 Å². The third-order valence-electron chi connectivity index (χ3n) is 3.77. The van der Waals surface area contributed by atoms with E-state index in [0.717, 1.165) is 24.3 Å². The minimum Gasteiger partial charge on any atom is -0.493 e. The van der Waals surface area contributed by atoms with Crippen molar-refractivity contribution >= 4 is 5.97 Å². The van der Waals surface area contributed by atoms with E-state index in [-0.39, 0.29) is 12.0 Å². The van der Waals surface area contributed by atoms with Gasteiger partial charge >= 0.3 is 5.97 Å². The lowest BCUT2D eigenvalue weighted by molar-refractivity contribution is -0.152. The molecule has 0 amide bonds. The van der Waals surface area contributed by atoms with Gasteiger partial charge in [-0.2, -0.15) is 0 Å². The molecule has 0 saturated heterocycles. The van der Waals surface area contributed by atoms with Gasteiger partial charge in [0, 0.05) is 12.5 Å². The van der Waals surface area contributed by atoms with Gasteiger partial charge in [0.25, 0.3) is 0 Å². The van der Waals surface area contributed by atoms with Gasteiger partial charge in [0.05, 0.1) is 19.1 Å². The molecule has 1 aromatic carbocycles. The predicted octanol–water partition coefficient (Wildman–Crippen LogP) is 2.08. The van der Waals surface area contributed by atoms with Crippen molar-refractivity contribution in [3.8, 4) is 5.75 Å². The van der Waals surface area contributed by atoms with E-state index in [9.17, 15) is 4.79 Å². The van der Waals surface area contributed by atoms with Crippen LogP contribution in [0.3, 0.4) is 0 Å². The highest BCUT2D eigenvalue weighted by atomic mass is 16.5. The van der Waals surface area contributed by atoms with Crippen molar-refractivity contribution in [2.45, 2.75) is 26.3 Å². The van der Waals surface area contributed by atoms with E-state index >= 15 is 0 Å². The number of carbonyl (C=O) groups is 1. The molecule has 1 aromatic rings. The van der Waals surface area contributed by atoms with Crippen molar-refractivity contribution in [2.24, 2.45) is 5.41 Å². The Labute approximate surface area is 114 Å². The maximum atomic E-state index is 12.0. The molecule has 2 rings (SSSR count). The van der Waals surface area contributed by atoms with Crippen molar-refractivity contribution in [1.82, 2.24) is 5.32 Å². The molecule has 0 saturated carbocycles. The Morgan fingerprint density at radius 3 is 2.84 bits per heavy atom. The minimum atomic E-state index is -0.628. The number of benzene rings is 1. The first-order valence-electron chi connectivity index (χ1n) is 6.52. The molecule has 0 fully saturated rings. The van der Waals surface area contributed by atoms with Crippen LogP contribution in [0.5, 0.6) is 5.75 Å². The first kappa shape index (κ1) is 13.9. The van der Waals surface area contributed by atoms with Crippen LogP contribution in [0.25, 0.3) is 0 Å². The molecule has 1 N–H and O–H groups in total. The van der Waals surface area contributed by atoms with E-state index in [2.05, 4.69) is 11.4 Å². The SMILES string of the molecule is CNC(c1ccc2c(c1)CCO2)C(C)(C)C(=O)OC. The summed E-state index contributed by atoms with van der Waals surface area (Å²) in [5.74, 6) is 0.734. The fourth-order valence-electron chi connectivity index (χ4n) is 2.71. The van der Waals surface area contributed by atoms with Crippen LogP contribution in [-0.2, 0) is 16.0 Å². The number of hydrogen-bond acceptors (Lipinski definition) is 4. The summed E-state index contributed by atoms with van der Waals surface area (Å²) in [7, 11) is 3.28. The Hall–Kier alpha value is -1.55. The molecule has 1 heterocycles. The molecule has 4 nitrogen and oxygen atoms in total. The van der Waals surface area contributed by atoms with Gasteiger partial charge in [0.1, 0.15) is 5.75 Å². The fraction of sp³-hybridized carbons (Fsp3) is 0.533. The highest BCUT2D eigenvalue weighted by Gasteiger charge is 2.38. The summed E-state index contributed by atoms with van der Waals surface area (Å²) in [6, 6.07) is 6.02. The molecule has 1 aliphatic heterocycles. The Kier molecular flexibility index (Phi) is 3.80. The Bertz CT molecular complexity index is 482. The molecular formula is C15H21NO3. The van der Waals surface area contributed by atoms with Crippen LogP contribution in [0.1, 0.15) is 31.0 Å². The average molecular weight is 263 g/mol. The highest BCUT2D eigenvalue weighted by molar-refractivity contribution is 5.77. The Morgan fingerprint density at radius 2 is 2.21 bits per heavy atom. The van der Waals surface area contributed by atoms with Crippen molar-refractivity contribution in [1.29, 1.82) is 0 Å². The smallest absolute Gasteiger partial charge is 0.313 e. The van der Waals surface area contributed by atoms with Crippen molar-refractivity contribution in [3.63, 3.8) is 0 Å². The predicted molar refractivity (Wildman–Crippen MR) is 73.2 cm³/mol. The van der Waals surface area contributed by atoms with Gasteiger partial charge in [-0.15, -0.1) is 0 Å². The largest absolute Gasteiger partial charge is 0.493 e. The number of esters is 1. The van der Waals surface area contributed by atoms with E-state index < -0.39 is 5.41 Å². The summed E-state index contributed by atoms with van der Waals surface area (Å²) in [5.41, 5.74) is 1.66. The van der Waals surface area contributed by atoms with E-state index in [1.807, 2.05) is 33.0 Å². The van der Waals surface area contributed by atoms with Crippen LogP contribution >= 0.6 is 0 Å². The van der Waals surface area contributed by atoms with Crippen molar-refractivity contribution in [2.75, 3.05) is 20.8 Å². The molecule has 0 aromatic heterocycles. The van der Waals surface area contributed by atoms with E-state index in [4.69, 9.17) is 9.47 Å². The number of methoxy groups -OCH3 is 1. The van der Waals surface area contributed by atoms with E-state index in [0.29, 0.717) is 0 Å². The van der Waals surface area contributed by atoms with Crippen LogP contribution in [0.15, 0.2) is 18.2 Å². The monoisotopic (exact) mass is 263 g/mol. The molecule has 4 heteroatoms. The summed E-state index contributed by atoms with van der Waals surface area (Å²) in [6.07, 6.45) is 0.929. The number of carbonyl (C=O) groups excluding carboxylic acids is 1. The summed E-state index contributed by atoms with van der Waals surface area (Å²) in [5, 5.41) is 3.22. The summed E-state index contributed by atoms with van der Waals surface area (Å²) < 4.78 is 10.4. The lowest BCUT2D eigenvalue weighted by atomic mass is 9.80. The molecule has 0 aliphatic carbocycles. The third kappa shape index (κ3) is 2.45. The topological polar surface area (TPSA) is 47.6 Å². The number of nitrogens with one attached hydrogen (secondary N) is 1. The van der Waals surface area contributed by atoms with Gasteiger partial charge in [-0.3, -0.25) is 4.79 Å². The van der Waals surface area contributed by atoms with Crippen LogP contribution in [0, 0.1) is 5.41 Å². The zero-order valence-electron chi connectivity index (χ0n) is 11.9. The zero-order chi connectivity index (χ0) is 14.0. The normalized spacial score (nSPS) is 15.6. The number of ether oxygens (including phenoxy) is 2. The Balaban J connectivity index is 2.34. The van der Waals surface area contributed by atoms with Crippen LogP contribution in [-0.4, -0.2) is 26.7 Å². The quantitative estimate of drug-likeness (QED) is 0.845. The summed E-state index contributed by atoms with van der Waals surface area (Å²) in [4.78, 5) is 12.0. The second-order valence-electron chi connectivity index (χ2n) is 5.40. The number of hydrogen-bond donors (Lipinski definition) is 1. The molecule has 1 aliphatic rings. The lowest BCUT2D eigenvalue weighted by Gasteiger charge is -2.32. The molecule has 19 heavy (non-hydrogen) atoms. The van der Waals surface area contributed by atoms with E-state index in [1.165, 1.54) is 12.7 Å². The van der Waals surface area contributed by atoms with E-state index in [1.54, 1.807) is 0 Å².